The summed E-state index contributed by atoms with van der Waals surface area (Å²) in [5.41, 5.74) is 4.25. The summed E-state index contributed by atoms with van der Waals surface area (Å²) in [5, 5.41) is 0. The highest BCUT2D eigenvalue weighted by molar-refractivity contribution is 5.54. The number of hydrogen-bond acceptors (Lipinski definition) is 5. The standard InChI is InChI=1S/C18H21NO4/c1-20-15-5-12-13-8-19(14(12)6-16(15)21-2)7-10-3-17-18(4-11(10)13)23-9-22-17/h3-5,13-16H,6-9H2,1-2H3. The van der Waals surface area contributed by atoms with Crippen LogP contribution in [0.4, 0.5) is 0 Å². The fraction of sp³-hybridized carbons (Fsp3) is 0.556. The number of methoxy groups -OCH3 is 2. The number of ether oxygens (including phenoxy) is 4. The molecule has 1 saturated heterocycles. The third kappa shape index (κ3) is 1.90. The second kappa shape index (κ2) is 4.97. The van der Waals surface area contributed by atoms with Gasteiger partial charge in [0.1, 0.15) is 6.10 Å². The molecule has 0 saturated carbocycles. The average molecular weight is 315 g/mol. The van der Waals surface area contributed by atoms with Crippen molar-refractivity contribution in [2.24, 2.45) is 0 Å². The molecule has 5 atom stereocenters. The minimum absolute atomic E-state index is 0.0456. The van der Waals surface area contributed by atoms with Crippen molar-refractivity contribution in [3.05, 3.63) is 34.9 Å². The Balaban J connectivity index is 1.58. The zero-order chi connectivity index (χ0) is 15.6. The Morgan fingerprint density at radius 1 is 1.13 bits per heavy atom. The molecule has 3 aliphatic heterocycles. The molecule has 122 valence electrons. The van der Waals surface area contributed by atoms with Crippen molar-refractivity contribution in [3.63, 3.8) is 0 Å². The summed E-state index contributed by atoms with van der Waals surface area (Å²) < 4.78 is 22.4. The van der Waals surface area contributed by atoms with E-state index in [0.717, 1.165) is 31.0 Å². The molecule has 1 aliphatic carbocycles. The molecule has 5 heteroatoms. The molecule has 5 rings (SSSR count). The fourth-order valence-corrected chi connectivity index (χ4v) is 4.66. The van der Waals surface area contributed by atoms with Crippen LogP contribution < -0.4 is 9.47 Å². The van der Waals surface area contributed by atoms with Crippen LogP contribution in [0, 0.1) is 0 Å². The van der Waals surface area contributed by atoms with Gasteiger partial charge in [-0.15, -0.1) is 0 Å². The minimum atomic E-state index is 0.0456. The van der Waals surface area contributed by atoms with Gasteiger partial charge in [-0.3, -0.25) is 4.90 Å². The topological polar surface area (TPSA) is 40.2 Å². The van der Waals surface area contributed by atoms with E-state index in [1.165, 1.54) is 16.7 Å². The van der Waals surface area contributed by atoms with Crippen LogP contribution in [0.5, 0.6) is 11.5 Å². The van der Waals surface area contributed by atoms with Crippen molar-refractivity contribution in [2.45, 2.75) is 37.1 Å². The maximum Gasteiger partial charge on any atom is 0.231 e. The van der Waals surface area contributed by atoms with E-state index in [1.807, 2.05) is 0 Å². The van der Waals surface area contributed by atoms with Crippen molar-refractivity contribution in [1.29, 1.82) is 0 Å². The number of rotatable bonds is 2. The molecule has 1 aromatic rings. The molecular formula is C18H21NO4. The van der Waals surface area contributed by atoms with E-state index in [-0.39, 0.29) is 12.2 Å². The summed E-state index contributed by atoms with van der Waals surface area (Å²) in [6, 6.07) is 4.81. The van der Waals surface area contributed by atoms with E-state index in [1.54, 1.807) is 14.2 Å². The fourth-order valence-electron chi connectivity index (χ4n) is 4.66. The summed E-state index contributed by atoms with van der Waals surface area (Å²) in [5.74, 6) is 2.21. The molecule has 0 amide bonds. The van der Waals surface area contributed by atoms with Crippen molar-refractivity contribution in [3.8, 4) is 11.5 Å². The van der Waals surface area contributed by atoms with Crippen LogP contribution >= 0.6 is 0 Å². The average Bonchev–Trinajstić information content (AvgIpc) is 3.15. The Hall–Kier alpha value is -1.56. The van der Waals surface area contributed by atoms with Crippen LogP contribution in [0.3, 0.4) is 0 Å². The Kier molecular flexibility index (Phi) is 2.99. The number of hydrogen-bond donors (Lipinski definition) is 0. The second-order valence-corrected chi connectivity index (χ2v) is 6.78. The van der Waals surface area contributed by atoms with E-state index >= 15 is 0 Å². The number of fused-ring (bicyclic) bond motifs is 8. The van der Waals surface area contributed by atoms with Crippen LogP contribution in [-0.2, 0) is 16.0 Å². The lowest BCUT2D eigenvalue weighted by Gasteiger charge is -2.34. The van der Waals surface area contributed by atoms with Gasteiger partial charge in [-0.25, -0.2) is 0 Å². The molecule has 2 bridgehead atoms. The number of nitrogens with zero attached hydrogens (tertiary/aromatic N) is 1. The molecule has 0 N–H and O–H groups in total. The maximum absolute atomic E-state index is 5.66. The van der Waals surface area contributed by atoms with Crippen molar-refractivity contribution < 1.29 is 18.9 Å². The molecular weight excluding hydrogens is 294 g/mol. The normalized spacial score (nSPS) is 36.4. The molecule has 23 heavy (non-hydrogen) atoms. The molecule has 0 aromatic heterocycles. The second-order valence-electron chi connectivity index (χ2n) is 6.78. The molecule has 1 aromatic carbocycles. The van der Waals surface area contributed by atoms with E-state index in [0.29, 0.717) is 18.8 Å². The first kappa shape index (κ1) is 13.8. The van der Waals surface area contributed by atoms with Gasteiger partial charge in [-0.05, 0) is 35.3 Å². The van der Waals surface area contributed by atoms with E-state index < -0.39 is 0 Å². The van der Waals surface area contributed by atoms with E-state index in [9.17, 15) is 0 Å². The molecule has 1 fully saturated rings. The van der Waals surface area contributed by atoms with Crippen LogP contribution in [0.2, 0.25) is 0 Å². The van der Waals surface area contributed by atoms with Gasteiger partial charge in [0.2, 0.25) is 6.79 Å². The molecule has 0 spiro atoms. The Morgan fingerprint density at radius 2 is 1.96 bits per heavy atom. The summed E-state index contributed by atoms with van der Waals surface area (Å²) in [7, 11) is 3.54. The van der Waals surface area contributed by atoms with E-state index in [4.69, 9.17) is 18.9 Å². The van der Waals surface area contributed by atoms with Crippen LogP contribution in [-0.4, -0.2) is 50.7 Å². The van der Waals surface area contributed by atoms with Crippen molar-refractivity contribution >= 4 is 0 Å². The lowest BCUT2D eigenvalue weighted by Crippen LogP contribution is -2.41. The Bertz CT molecular complexity index is 686. The largest absolute Gasteiger partial charge is 0.454 e. The lowest BCUT2D eigenvalue weighted by molar-refractivity contribution is -0.0306. The smallest absolute Gasteiger partial charge is 0.231 e. The van der Waals surface area contributed by atoms with Gasteiger partial charge in [-0.1, -0.05) is 6.08 Å². The van der Waals surface area contributed by atoms with Gasteiger partial charge in [0.05, 0.1) is 6.10 Å². The van der Waals surface area contributed by atoms with Gasteiger partial charge in [-0.2, -0.15) is 0 Å². The summed E-state index contributed by atoms with van der Waals surface area (Å²) in [6.07, 6.45) is 3.47. The van der Waals surface area contributed by atoms with Crippen LogP contribution in [0.25, 0.3) is 0 Å². The highest BCUT2D eigenvalue weighted by atomic mass is 16.7. The highest BCUT2D eigenvalue weighted by Gasteiger charge is 2.46. The predicted molar refractivity (Wildman–Crippen MR) is 83.8 cm³/mol. The van der Waals surface area contributed by atoms with Gasteiger partial charge < -0.3 is 18.9 Å². The molecule has 0 radical (unpaired) electrons. The van der Waals surface area contributed by atoms with Gasteiger partial charge >= 0.3 is 0 Å². The summed E-state index contributed by atoms with van der Waals surface area (Å²) in [4.78, 5) is 2.57. The minimum Gasteiger partial charge on any atom is -0.454 e. The Labute approximate surface area is 135 Å². The van der Waals surface area contributed by atoms with E-state index in [2.05, 4.69) is 23.1 Å². The van der Waals surface area contributed by atoms with Crippen LogP contribution in [0.1, 0.15) is 23.5 Å². The quantitative estimate of drug-likeness (QED) is 0.781. The Morgan fingerprint density at radius 3 is 2.74 bits per heavy atom. The van der Waals surface area contributed by atoms with Crippen molar-refractivity contribution in [2.75, 3.05) is 27.6 Å². The first-order valence-electron chi connectivity index (χ1n) is 8.22. The van der Waals surface area contributed by atoms with Crippen LogP contribution in [0.15, 0.2) is 23.8 Å². The zero-order valence-electron chi connectivity index (χ0n) is 13.5. The summed E-state index contributed by atoms with van der Waals surface area (Å²) >= 11 is 0. The van der Waals surface area contributed by atoms with Gasteiger partial charge in [0.15, 0.2) is 11.5 Å². The molecule has 5 nitrogen and oxygen atoms in total. The monoisotopic (exact) mass is 315 g/mol. The summed E-state index contributed by atoms with van der Waals surface area (Å²) in [6.45, 7) is 2.38. The first-order valence-corrected chi connectivity index (χ1v) is 8.22. The number of benzene rings is 1. The highest BCUT2D eigenvalue weighted by Crippen LogP contribution is 2.50. The first-order chi connectivity index (χ1) is 11.3. The van der Waals surface area contributed by atoms with Gasteiger partial charge in [0.25, 0.3) is 0 Å². The maximum atomic E-state index is 5.66. The van der Waals surface area contributed by atoms with Crippen molar-refractivity contribution in [1.82, 2.24) is 4.90 Å². The molecule has 4 aliphatic rings. The van der Waals surface area contributed by atoms with Gasteiger partial charge in [0, 0.05) is 39.3 Å². The SMILES string of the molecule is COC1C=C2C3CN(Cc4cc5c(cc43)OCO5)C2CC1OC. The predicted octanol–water partition coefficient (Wildman–Crippen LogP) is 2.06. The lowest BCUT2D eigenvalue weighted by atomic mass is 9.82. The third-order valence-electron chi connectivity index (χ3n) is 5.78. The molecule has 5 unspecified atom stereocenters. The molecule has 3 heterocycles. The zero-order valence-corrected chi connectivity index (χ0v) is 13.5. The third-order valence-corrected chi connectivity index (χ3v) is 5.78.